The molecule has 1 aliphatic rings. The fraction of sp³-hybridized carbons (Fsp3) is 0.227. The standard InChI is InChI=1S/C22H22N4O2/c27-21(19-5-2-1-3-6-19)24-13-15-25(16-14-24)22(28)20-9-7-18(8-10-20)17-26-12-4-11-23-26/h1-12H,13-17H2. The summed E-state index contributed by atoms with van der Waals surface area (Å²) in [5.41, 5.74) is 2.46. The molecule has 2 heterocycles. The minimum Gasteiger partial charge on any atom is -0.335 e. The van der Waals surface area contributed by atoms with Crippen molar-refractivity contribution in [3.8, 4) is 0 Å². The van der Waals surface area contributed by atoms with Crippen LogP contribution >= 0.6 is 0 Å². The maximum atomic E-state index is 12.8. The Morgan fingerprint density at radius 3 is 1.86 bits per heavy atom. The lowest BCUT2D eigenvalue weighted by Gasteiger charge is -2.35. The Labute approximate surface area is 164 Å². The number of benzene rings is 2. The summed E-state index contributed by atoms with van der Waals surface area (Å²) in [5.74, 6) is 0.0353. The van der Waals surface area contributed by atoms with E-state index in [2.05, 4.69) is 5.10 Å². The van der Waals surface area contributed by atoms with E-state index in [1.54, 1.807) is 6.20 Å². The molecule has 1 aromatic heterocycles. The molecule has 0 saturated carbocycles. The Bertz CT molecular complexity index is 928. The minimum absolute atomic E-state index is 0.0115. The van der Waals surface area contributed by atoms with Gasteiger partial charge in [0.1, 0.15) is 0 Å². The van der Waals surface area contributed by atoms with Gasteiger partial charge in [-0.25, -0.2) is 0 Å². The van der Waals surface area contributed by atoms with Gasteiger partial charge < -0.3 is 9.80 Å². The Morgan fingerprint density at radius 2 is 1.32 bits per heavy atom. The second kappa shape index (κ2) is 8.08. The van der Waals surface area contributed by atoms with Crippen LogP contribution in [0.3, 0.4) is 0 Å². The zero-order valence-corrected chi connectivity index (χ0v) is 15.6. The molecule has 2 amide bonds. The lowest BCUT2D eigenvalue weighted by molar-refractivity contribution is 0.0535. The fourth-order valence-electron chi connectivity index (χ4n) is 3.39. The van der Waals surface area contributed by atoms with Crippen LogP contribution in [0.2, 0.25) is 0 Å². The molecule has 0 unspecified atom stereocenters. The van der Waals surface area contributed by atoms with E-state index in [0.29, 0.717) is 43.9 Å². The van der Waals surface area contributed by atoms with Crippen molar-refractivity contribution in [2.45, 2.75) is 6.54 Å². The van der Waals surface area contributed by atoms with Crippen LogP contribution in [0.15, 0.2) is 73.1 Å². The molecule has 3 aromatic rings. The highest BCUT2D eigenvalue weighted by atomic mass is 16.2. The highest BCUT2D eigenvalue weighted by Crippen LogP contribution is 2.13. The highest BCUT2D eigenvalue weighted by Gasteiger charge is 2.25. The third-order valence-electron chi connectivity index (χ3n) is 4.98. The molecule has 28 heavy (non-hydrogen) atoms. The maximum absolute atomic E-state index is 12.8. The van der Waals surface area contributed by atoms with E-state index in [9.17, 15) is 9.59 Å². The van der Waals surface area contributed by atoms with Crippen LogP contribution in [0, 0.1) is 0 Å². The van der Waals surface area contributed by atoms with Gasteiger partial charge in [-0.3, -0.25) is 14.3 Å². The van der Waals surface area contributed by atoms with Crippen LogP contribution in [0.25, 0.3) is 0 Å². The summed E-state index contributed by atoms with van der Waals surface area (Å²) in [6.07, 6.45) is 3.66. The van der Waals surface area contributed by atoms with Gasteiger partial charge in [0.15, 0.2) is 0 Å². The second-order valence-corrected chi connectivity index (χ2v) is 6.85. The molecule has 1 aliphatic heterocycles. The first-order valence-corrected chi connectivity index (χ1v) is 9.41. The molecule has 1 saturated heterocycles. The van der Waals surface area contributed by atoms with Crippen molar-refractivity contribution >= 4 is 11.8 Å². The van der Waals surface area contributed by atoms with Crippen molar-refractivity contribution in [1.82, 2.24) is 19.6 Å². The average molecular weight is 374 g/mol. The van der Waals surface area contributed by atoms with Gasteiger partial charge in [-0.2, -0.15) is 5.10 Å². The summed E-state index contributed by atoms with van der Waals surface area (Å²) >= 11 is 0. The molecule has 6 nitrogen and oxygen atoms in total. The highest BCUT2D eigenvalue weighted by molar-refractivity contribution is 5.96. The van der Waals surface area contributed by atoms with Crippen LogP contribution in [-0.2, 0) is 6.54 Å². The van der Waals surface area contributed by atoms with Crippen molar-refractivity contribution in [2.24, 2.45) is 0 Å². The third kappa shape index (κ3) is 3.96. The molecule has 142 valence electrons. The summed E-state index contributed by atoms with van der Waals surface area (Å²) in [4.78, 5) is 28.9. The van der Waals surface area contributed by atoms with Gasteiger partial charge in [-0.1, -0.05) is 30.3 Å². The molecule has 0 atom stereocenters. The van der Waals surface area contributed by atoms with Gasteiger partial charge in [0, 0.05) is 49.7 Å². The van der Waals surface area contributed by atoms with E-state index in [4.69, 9.17) is 0 Å². The summed E-state index contributed by atoms with van der Waals surface area (Å²) in [5, 5.41) is 4.19. The molecular weight excluding hydrogens is 352 g/mol. The average Bonchev–Trinajstić information content (AvgIpc) is 3.27. The summed E-state index contributed by atoms with van der Waals surface area (Å²) < 4.78 is 1.85. The molecule has 1 fully saturated rings. The van der Waals surface area contributed by atoms with E-state index >= 15 is 0 Å². The largest absolute Gasteiger partial charge is 0.335 e. The molecular formula is C22H22N4O2. The number of carbonyl (C=O) groups excluding carboxylic acids is 2. The summed E-state index contributed by atoms with van der Waals surface area (Å²) in [7, 11) is 0. The van der Waals surface area contributed by atoms with E-state index in [1.807, 2.05) is 81.3 Å². The first-order valence-electron chi connectivity index (χ1n) is 9.41. The normalized spacial score (nSPS) is 14.1. The van der Waals surface area contributed by atoms with E-state index < -0.39 is 0 Å². The van der Waals surface area contributed by atoms with Crippen molar-refractivity contribution < 1.29 is 9.59 Å². The number of piperazine rings is 1. The quantitative estimate of drug-likeness (QED) is 0.705. The van der Waals surface area contributed by atoms with Crippen molar-refractivity contribution in [1.29, 1.82) is 0 Å². The zero-order chi connectivity index (χ0) is 19.3. The van der Waals surface area contributed by atoms with Crippen molar-refractivity contribution in [3.63, 3.8) is 0 Å². The lowest BCUT2D eigenvalue weighted by Crippen LogP contribution is -2.50. The number of hydrogen-bond acceptors (Lipinski definition) is 3. The van der Waals surface area contributed by atoms with Gasteiger partial charge in [0.05, 0.1) is 6.54 Å². The van der Waals surface area contributed by atoms with Gasteiger partial charge >= 0.3 is 0 Å². The molecule has 0 aliphatic carbocycles. The molecule has 4 rings (SSSR count). The van der Waals surface area contributed by atoms with E-state index in [-0.39, 0.29) is 11.8 Å². The van der Waals surface area contributed by atoms with Gasteiger partial charge in [-0.15, -0.1) is 0 Å². The lowest BCUT2D eigenvalue weighted by atomic mass is 10.1. The van der Waals surface area contributed by atoms with Crippen molar-refractivity contribution in [3.05, 3.63) is 89.7 Å². The Morgan fingerprint density at radius 1 is 0.750 bits per heavy atom. The van der Waals surface area contributed by atoms with Crippen LogP contribution in [0.4, 0.5) is 0 Å². The van der Waals surface area contributed by atoms with Crippen LogP contribution < -0.4 is 0 Å². The fourth-order valence-corrected chi connectivity index (χ4v) is 3.39. The molecule has 6 heteroatoms. The molecule has 0 N–H and O–H groups in total. The van der Waals surface area contributed by atoms with Crippen molar-refractivity contribution in [2.75, 3.05) is 26.2 Å². The van der Waals surface area contributed by atoms with E-state index in [0.717, 1.165) is 5.56 Å². The minimum atomic E-state index is 0.0115. The number of aromatic nitrogens is 2. The first-order chi connectivity index (χ1) is 13.7. The van der Waals surface area contributed by atoms with Crippen LogP contribution in [-0.4, -0.2) is 57.6 Å². The maximum Gasteiger partial charge on any atom is 0.253 e. The number of hydrogen-bond donors (Lipinski definition) is 0. The molecule has 0 spiro atoms. The number of carbonyl (C=O) groups is 2. The van der Waals surface area contributed by atoms with Gasteiger partial charge in [-0.05, 0) is 35.9 Å². The SMILES string of the molecule is O=C(c1ccccc1)N1CCN(C(=O)c2ccc(Cn3cccn3)cc2)CC1. The Kier molecular flexibility index (Phi) is 5.19. The second-order valence-electron chi connectivity index (χ2n) is 6.85. The van der Waals surface area contributed by atoms with Gasteiger partial charge in [0.25, 0.3) is 11.8 Å². The molecule has 0 bridgehead atoms. The van der Waals surface area contributed by atoms with Crippen LogP contribution in [0.5, 0.6) is 0 Å². The molecule has 0 radical (unpaired) electrons. The van der Waals surface area contributed by atoms with E-state index in [1.165, 1.54) is 0 Å². The number of rotatable bonds is 4. The van der Waals surface area contributed by atoms with Crippen LogP contribution in [0.1, 0.15) is 26.3 Å². The smallest absolute Gasteiger partial charge is 0.253 e. The predicted molar refractivity (Wildman–Crippen MR) is 106 cm³/mol. The monoisotopic (exact) mass is 374 g/mol. The Balaban J connectivity index is 1.34. The third-order valence-corrected chi connectivity index (χ3v) is 4.98. The zero-order valence-electron chi connectivity index (χ0n) is 15.6. The predicted octanol–water partition coefficient (Wildman–Crippen LogP) is 2.53. The Hall–Kier alpha value is -3.41. The van der Waals surface area contributed by atoms with Gasteiger partial charge in [0.2, 0.25) is 0 Å². The first kappa shape index (κ1) is 18.0. The summed E-state index contributed by atoms with van der Waals surface area (Å²) in [6, 6.07) is 18.8. The summed E-state index contributed by atoms with van der Waals surface area (Å²) in [6.45, 7) is 2.88. The topological polar surface area (TPSA) is 58.4 Å². The number of nitrogens with zero attached hydrogens (tertiary/aromatic N) is 4. The number of amides is 2. The molecule has 2 aromatic carbocycles.